The SMILES string of the molecule is Cc1cc(N2C[C@H]3CC[C@@H](C2)C3Cc2nc3n(n2)CCCC3c2ccc(OC(F)F)cc2)sn1. The van der Waals surface area contributed by atoms with Crippen LogP contribution in [-0.4, -0.2) is 38.8 Å². The zero-order chi connectivity index (χ0) is 23.2. The maximum Gasteiger partial charge on any atom is 0.387 e. The molecule has 4 atom stereocenters. The standard InChI is InChI=1S/C25H29F2N5OS/c1-15-11-23(34-30-15)31-13-17-4-5-18(14-31)21(17)12-22-28-24-20(3-2-10-32(24)29-22)16-6-8-19(9-7-16)33-25(26)27/h6-9,11,17-18,20-21,25H,2-5,10,12-14H2,1H3/t17-,18+,20?,21?. The van der Waals surface area contributed by atoms with Gasteiger partial charge in [-0.15, -0.1) is 0 Å². The Bertz CT molecular complexity index is 1130. The van der Waals surface area contributed by atoms with E-state index in [1.807, 2.05) is 12.1 Å². The molecule has 4 heterocycles. The summed E-state index contributed by atoms with van der Waals surface area (Å²) < 4.78 is 36.0. The van der Waals surface area contributed by atoms with Crippen molar-refractivity contribution in [3.05, 3.63) is 53.2 Å². The van der Waals surface area contributed by atoms with Crippen LogP contribution in [0.2, 0.25) is 0 Å². The molecule has 0 spiro atoms. The Morgan fingerprint density at radius 1 is 1.12 bits per heavy atom. The van der Waals surface area contributed by atoms with E-state index in [-0.39, 0.29) is 11.7 Å². The summed E-state index contributed by atoms with van der Waals surface area (Å²) in [6.45, 7) is 2.35. The van der Waals surface area contributed by atoms with E-state index >= 15 is 0 Å². The molecule has 2 unspecified atom stereocenters. The summed E-state index contributed by atoms with van der Waals surface area (Å²) in [4.78, 5) is 7.56. The highest BCUT2D eigenvalue weighted by atomic mass is 32.1. The first-order chi connectivity index (χ1) is 16.5. The molecular weight excluding hydrogens is 456 g/mol. The van der Waals surface area contributed by atoms with Crippen LogP contribution in [0, 0.1) is 24.7 Å². The summed E-state index contributed by atoms with van der Waals surface area (Å²) in [6.07, 6.45) is 5.54. The van der Waals surface area contributed by atoms with E-state index in [1.165, 1.54) is 17.8 Å². The lowest BCUT2D eigenvalue weighted by Gasteiger charge is -2.38. The number of alkyl halides is 2. The Balaban J connectivity index is 1.17. The van der Waals surface area contributed by atoms with E-state index < -0.39 is 6.61 Å². The predicted molar refractivity (Wildman–Crippen MR) is 127 cm³/mol. The molecule has 6 rings (SSSR count). The van der Waals surface area contributed by atoms with Crippen molar-refractivity contribution >= 4 is 16.5 Å². The highest BCUT2D eigenvalue weighted by Crippen LogP contribution is 2.45. The molecule has 2 bridgehead atoms. The maximum atomic E-state index is 12.5. The molecule has 1 aliphatic carbocycles. The number of aromatic nitrogens is 4. The van der Waals surface area contributed by atoms with Gasteiger partial charge in [-0.3, -0.25) is 0 Å². The average Bonchev–Trinajstić information content (AvgIpc) is 3.49. The number of aryl methyl sites for hydroxylation is 2. The Kier molecular flexibility index (Phi) is 5.75. The number of hydrogen-bond acceptors (Lipinski definition) is 6. The number of benzene rings is 1. The van der Waals surface area contributed by atoms with Gasteiger partial charge in [0.15, 0.2) is 5.82 Å². The quantitative estimate of drug-likeness (QED) is 0.476. The van der Waals surface area contributed by atoms with Crippen LogP contribution in [0.3, 0.4) is 0 Å². The van der Waals surface area contributed by atoms with Gasteiger partial charge in [0.2, 0.25) is 0 Å². The predicted octanol–water partition coefficient (Wildman–Crippen LogP) is 5.28. The Morgan fingerprint density at radius 3 is 2.56 bits per heavy atom. The summed E-state index contributed by atoms with van der Waals surface area (Å²) in [5.41, 5.74) is 2.18. The molecule has 0 radical (unpaired) electrons. The molecule has 9 heteroatoms. The molecule has 2 fully saturated rings. The van der Waals surface area contributed by atoms with Crippen LogP contribution in [-0.2, 0) is 13.0 Å². The monoisotopic (exact) mass is 485 g/mol. The fraction of sp³-hybridized carbons (Fsp3) is 0.560. The molecule has 2 aliphatic heterocycles. The maximum absolute atomic E-state index is 12.5. The molecule has 6 nitrogen and oxygen atoms in total. The van der Waals surface area contributed by atoms with Crippen molar-refractivity contribution < 1.29 is 13.5 Å². The topological polar surface area (TPSA) is 56.1 Å². The smallest absolute Gasteiger partial charge is 0.387 e. The van der Waals surface area contributed by atoms with E-state index in [4.69, 9.17) is 10.1 Å². The molecule has 1 saturated carbocycles. The van der Waals surface area contributed by atoms with Crippen LogP contribution in [0.15, 0.2) is 30.3 Å². The van der Waals surface area contributed by atoms with Crippen molar-refractivity contribution in [3.8, 4) is 5.75 Å². The Morgan fingerprint density at radius 2 is 1.88 bits per heavy atom. The lowest BCUT2D eigenvalue weighted by molar-refractivity contribution is -0.0498. The summed E-state index contributed by atoms with van der Waals surface area (Å²) >= 11 is 1.62. The number of fused-ring (bicyclic) bond motifs is 3. The van der Waals surface area contributed by atoms with Crippen LogP contribution < -0.4 is 9.64 Å². The molecule has 3 aliphatic rings. The normalized spacial score (nSPS) is 26.2. The minimum absolute atomic E-state index is 0.142. The molecule has 2 aromatic heterocycles. The average molecular weight is 486 g/mol. The third kappa shape index (κ3) is 4.19. The number of nitrogens with zero attached hydrogens (tertiary/aromatic N) is 5. The van der Waals surface area contributed by atoms with Gasteiger partial charge >= 0.3 is 6.61 Å². The van der Waals surface area contributed by atoms with Gasteiger partial charge in [0, 0.05) is 32.0 Å². The van der Waals surface area contributed by atoms with Gasteiger partial charge in [0.05, 0.1) is 5.69 Å². The van der Waals surface area contributed by atoms with Crippen LogP contribution in [0.25, 0.3) is 0 Å². The molecule has 3 aromatic rings. The van der Waals surface area contributed by atoms with Crippen LogP contribution in [0.5, 0.6) is 5.75 Å². The van der Waals surface area contributed by atoms with Crippen LogP contribution >= 0.6 is 11.5 Å². The van der Waals surface area contributed by atoms with Gasteiger partial charge in [-0.05, 0) is 85.7 Å². The lowest BCUT2D eigenvalue weighted by Crippen LogP contribution is -2.42. The molecule has 0 amide bonds. The summed E-state index contributed by atoms with van der Waals surface area (Å²) in [5.74, 6) is 4.30. The van der Waals surface area contributed by atoms with E-state index in [9.17, 15) is 8.78 Å². The van der Waals surface area contributed by atoms with Crippen molar-refractivity contribution in [1.29, 1.82) is 0 Å². The van der Waals surface area contributed by atoms with E-state index in [0.29, 0.717) is 17.8 Å². The van der Waals surface area contributed by atoms with Crippen molar-refractivity contribution in [2.75, 3.05) is 18.0 Å². The summed E-state index contributed by atoms with van der Waals surface area (Å²) in [5, 5.41) is 6.22. The number of anilines is 1. The van der Waals surface area contributed by atoms with Crippen LogP contribution in [0.4, 0.5) is 13.8 Å². The van der Waals surface area contributed by atoms with E-state index in [2.05, 4.69) is 31.7 Å². The number of rotatable bonds is 6. The van der Waals surface area contributed by atoms with Crippen molar-refractivity contribution in [2.45, 2.75) is 58.1 Å². The lowest BCUT2D eigenvalue weighted by atomic mass is 9.82. The van der Waals surface area contributed by atoms with Crippen molar-refractivity contribution in [2.24, 2.45) is 17.8 Å². The second-order valence-corrected chi connectivity index (χ2v) is 10.7. The Labute approximate surface area is 202 Å². The molecule has 180 valence electrons. The molecule has 1 aromatic carbocycles. The molecule has 1 saturated heterocycles. The zero-order valence-corrected chi connectivity index (χ0v) is 20.1. The van der Waals surface area contributed by atoms with Gasteiger partial charge in [-0.1, -0.05) is 12.1 Å². The summed E-state index contributed by atoms with van der Waals surface area (Å²) in [6, 6.07) is 9.20. The fourth-order valence-electron chi connectivity index (χ4n) is 6.24. The number of hydrogen-bond donors (Lipinski definition) is 0. The van der Waals surface area contributed by atoms with Gasteiger partial charge in [-0.25, -0.2) is 9.67 Å². The summed E-state index contributed by atoms with van der Waals surface area (Å²) in [7, 11) is 0. The largest absolute Gasteiger partial charge is 0.435 e. The van der Waals surface area contributed by atoms with Gasteiger partial charge in [0.1, 0.15) is 16.6 Å². The van der Waals surface area contributed by atoms with Gasteiger partial charge < -0.3 is 9.64 Å². The molecule has 0 N–H and O–H groups in total. The molecule has 34 heavy (non-hydrogen) atoms. The minimum atomic E-state index is -2.81. The first-order valence-corrected chi connectivity index (χ1v) is 13.0. The highest BCUT2D eigenvalue weighted by Gasteiger charge is 2.43. The van der Waals surface area contributed by atoms with Crippen LogP contribution in [0.1, 0.15) is 54.5 Å². The highest BCUT2D eigenvalue weighted by molar-refractivity contribution is 7.10. The number of halogens is 2. The van der Waals surface area contributed by atoms with Crippen molar-refractivity contribution in [1.82, 2.24) is 19.1 Å². The number of piperidine rings is 1. The third-order valence-electron chi connectivity index (χ3n) is 7.80. The number of ether oxygens (including phenoxy) is 1. The van der Waals surface area contributed by atoms with E-state index in [0.717, 1.165) is 61.8 Å². The zero-order valence-electron chi connectivity index (χ0n) is 19.2. The van der Waals surface area contributed by atoms with Crippen molar-refractivity contribution in [3.63, 3.8) is 0 Å². The van der Waals surface area contributed by atoms with E-state index in [1.54, 1.807) is 23.7 Å². The fourth-order valence-corrected chi connectivity index (χ4v) is 7.02. The first-order valence-electron chi connectivity index (χ1n) is 12.2. The third-order valence-corrected chi connectivity index (χ3v) is 8.74. The van der Waals surface area contributed by atoms with Gasteiger partial charge in [0.25, 0.3) is 0 Å². The Hall–Kier alpha value is -2.55. The first kappa shape index (κ1) is 21.9. The molecular formula is C25H29F2N5OS. The minimum Gasteiger partial charge on any atom is -0.435 e. The second kappa shape index (κ2) is 8.91. The second-order valence-electron chi connectivity index (χ2n) is 9.93. The van der Waals surface area contributed by atoms with Gasteiger partial charge in [-0.2, -0.15) is 18.3 Å².